The number of halogens is 3. The van der Waals surface area contributed by atoms with E-state index in [-0.39, 0.29) is 5.91 Å². The summed E-state index contributed by atoms with van der Waals surface area (Å²) in [6.07, 6.45) is 0. The minimum atomic E-state index is -0.0896. The van der Waals surface area contributed by atoms with Gasteiger partial charge in [-0.1, -0.05) is 18.2 Å². The lowest BCUT2D eigenvalue weighted by molar-refractivity contribution is -0.113. The summed E-state index contributed by atoms with van der Waals surface area (Å²) < 4.78 is 7.76. The van der Waals surface area contributed by atoms with Crippen LogP contribution in [0.1, 0.15) is 0 Å². The van der Waals surface area contributed by atoms with Gasteiger partial charge in [-0.2, -0.15) is 0 Å². The van der Waals surface area contributed by atoms with Crippen LogP contribution in [0.4, 0.5) is 5.69 Å². The molecular weight excluding hydrogens is 498 g/mol. The Labute approximate surface area is 158 Å². The number of hydrogen-bond donors (Lipinski definition) is 1. The summed E-state index contributed by atoms with van der Waals surface area (Å²) in [7, 11) is 1.56. The van der Waals surface area contributed by atoms with E-state index in [9.17, 15) is 4.79 Å². The van der Waals surface area contributed by atoms with Crippen molar-refractivity contribution in [3.63, 3.8) is 0 Å². The lowest BCUT2D eigenvalue weighted by Crippen LogP contribution is -2.15. The van der Waals surface area contributed by atoms with E-state index >= 15 is 0 Å². The molecule has 2 aromatic carbocycles. The number of nitrogens with one attached hydrogen (secondary N) is 1. The van der Waals surface area contributed by atoms with Crippen molar-refractivity contribution >= 4 is 71.1 Å². The molecule has 0 radical (unpaired) electrons. The SMILES string of the molecule is COc1c(NC(=O)CSc2ccccc2)cc(Br)c(Br)c1Br. The Balaban J connectivity index is 2.08. The molecular formula is C15H12Br3NO2S. The van der Waals surface area contributed by atoms with E-state index in [1.165, 1.54) is 11.8 Å². The van der Waals surface area contributed by atoms with Crippen LogP contribution < -0.4 is 10.1 Å². The third-order valence-electron chi connectivity index (χ3n) is 2.71. The van der Waals surface area contributed by atoms with E-state index in [0.717, 1.165) is 18.3 Å². The lowest BCUT2D eigenvalue weighted by Gasteiger charge is -2.14. The second kappa shape index (κ2) is 8.38. The van der Waals surface area contributed by atoms with Gasteiger partial charge in [0.1, 0.15) is 0 Å². The van der Waals surface area contributed by atoms with Gasteiger partial charge in [-0.25, -0.2) is 0 Å². The van der Waals surface area contributed by atoms with Crippen molar-refractivity contribution < 1.29 is 9.53 Å². The zero-order valence-electron chi connectivity index (χ0n) is 11.5. The normalized spacial score (nSPS) is 10.4. The Morgan fingerprint density at radius 2 is 1.86 bits per heavy atom. The zero-order chi connectivity index (χ0) is 16.1. The van der Waals surface area contributed by atoms with E-state index in [2.05, 4.69) is 53.1 Å². The van der Waals surface area contributed by atoms with Crippen molar-refractivity contribution in [2.45, 2.75) is 4.90 Å². The minimum Gasteiger partial charge on any atom is -0.493 e. The number of rotatable bonds is 5. The van der Waals surface area contributed by atoms with Gasteiger partial charge >= 0.3 is 0 Å². The Kier molecular flexibility index (Phi) is 6.80. The molecule has 0 fully saturated rings. The highest BCUT2D eigenvalue weighted by Crippen LogP contribution is 2.43. The lowest BCUT2D eigenvalue weighted by atomic mass is 10.3. The van der Waals surface area contributed by atoms with Crippen molar-refractivity contribution in [3.05, 3.63) is 49.8 Å². The molecule has 1 amide bonds. The molecule has 3 nitrogen and oxygen atoms in total. The molecule has 2 aromatic rings. The van der Waals surface area contributed by atoms with Crippen molar-refractivity contribution in [2.75, 3.05) is 18.2 Å². The second-order valence-corrected chi connectivity index (χ2v) is 7.71. The summed E-state index contributed by atoms with van der Waals surface area (Å²) in [5.74, 6) is 0.819. The predicted octanol–water partition coefficient (Wildman–Crippen LogP) is 5.71. The van der Waals surface area contributed by atoms with Crippen LogP contribution in [0.15, 0.2) is 54.7 Å². The molecule has 0 aliphatic heterocycles. The van der Waals surface area contributed by atoms with Gasteiger partial charge in [0.05, 0.1) is 23.0 Å². The highest BCUT2D eigenvalue weighted by molar-refractivity contribution is 9.14. The van der Waals surface area contributed by atoms with Crippen molar-refractivity contribution in [1.82, 2.24) is 0 Å². The first-order valence-electron chi connectivity index (χ1n) is 6.22. The molecule has 0 aromatic heterocycles. The third kappa shape index (κ3) is 4.50. The van der Waals surface area contributed by atoms with Crippen molar-refractivity contribution in [3.8, 4) is 5.75 Å². The van der Waals surface area contributed by atoms with Gasteiger partial charge < -0.3 is 10.1 Å². The summed E-state index contributed by atoms with van der Waals surface area (Å²) in [6.45, 7) is 0. The smallest absolute Gasteiger partial charge is 0.234 e. The number of carbonyl (C=O) groups is 1. The van der Waals surface area contributed by atoms with Gasteiger partial charge in [-0.3, -0.25) is 4.79 Å². The summed E-state index contributed by atoms with van der Waals surface area (Å²) >= 11 is 11.8. The minimum absolute atomic E-state index is 0.0896. The van der Waals surface area contributed by atoms with Gasteiger partial charge in [-0.05, 0) is 66.0 Å². The summed E-state index contributed by atoms with van der Waals surface area (Å²) in [5, 5.41) is 2.87. The highest BCUT2D eigenvalue weighted by Gasteiger charge is 2.16. The summed E-state index contributed by atoms with van der Waals surface area (Å²) in [5.41, 5.74) is 0.614. The topological polar surface area (TPSA) is 38.3 Å². The van der Waals surface area contributed by atoms with E-state index in [0.29, 0.717) is 17.2 Å². The van der Waals surface area contributed by atoms with E-state index in [1.807, 2.05) is 30.3 Å². The predicted molar refractivity (Wildman–Crippen MR) is 102 cm³/mol. The summed E-state index contributed by atoms with van der Waals surface area (Å²) in [4.78, 5) is 13.2. The van der Waals surface area contributed by atoms with Gasteiger partial charge in [0.15, 0.2) is 5.75 Å². The quantitative estimate of drug-likeness (QED) is 0.414. The van der Waals surface area contributed by atoms with Crippen LogP contribution >= 0.6 is 59.6 Å². The van der Waals surface area contributed by atoms with Gasteiger partial charge in [0.25, 0.3) is 0 Å². The molecule has 0 aliphatic rings. The largest absolute Gasteiger partial charge is 0.493 e. The molecule has 0 unspecified atom stereocenters. The number of anilines is 1. The number of amides is 1. The van der Waals surface area contributed by atoms with Crippen LogP contribution in [-0.4, -0.2) is 18.8 Å². The summed E-state index contributed by atoms with van der Waals surface area (Å²) in [6, 6.07) is 11.6. The maximum atomic E-state index is 12.1. The fourth-order valence-electron chi connectivity index (χ4n) is 1.72. The number of ether oxygens (including phenoxy) is 1. The highest BCUT2D eigenvalue weighted by atomic mass is 79.9. The monoisotopic (exact) mass is 507 g/mol. The molecule has 0 spiro atoms. The average Bonchev–Trinajstić information content (AvgIpc) is 2.52. The Morgan fingerprint density at radius 1 is 1.18 bits per heavy atom. The Morgan fingerprint density at radius 3 is 2.50 bits per heavy atom. The molecule has 0 bridgehead atoms. The molecule has 0 atom stereocenters. The van der Waals surface area contributed by atoms with Crippen molar-refractivity contribution in [1.29, 1.82) is 0 Å². The maximum absolute atomic E-state index is 12.1. The third-order valence-corrected chi connectivity index (χ3v) is 6.99. The first-order chi connectivity index (χ1) is 10.5. The van der Waals surface area contributed by atoms with Crippen LogP contribution in [0, 0.1) is 0 Å². The van der Waals surface area contributed by atoms with Gasteiger partial charge in [-0.15, -0.1) is 11.8 Å². The molecule has 2 rings (SSSR count). The molecule has 1 N–H and O–H groups in total. The molecule has 7 heteroatoms. The van der Waals surface area contributed by atoms with E-state index < -0.39 is 0 Å². The maximum Gasteiger partial charge on any atom is 0.234 e. The van der Waals surface area contributed by atoms with Crippen LogP contribution in [0.25, 0.3) is 0 Å². The Hall–Kier alpha value is -0.500. The number of hydrogen-bond acceptors (Lipinski definition) is 3. The fraction of sp³-hybridized carbons (Fsp3) is 0.133. The standard InChI is InChI=1S/C15H12Br3NO2S/c1-21-15-11(7-10(16)13(17)14(15)18)19-12(20)8-22-9-5-3-2-4-6-9/h2-7H,8H2,1H3,(H,19,20). The Bertz CT molecular complexity index is 680. The fourth-order valence-corrected chi connectivity index (χ4v) is 4.02. The second-order valence-electron chi connectivity index (χ2n) is 4.22. The first-order valence-corrected chi connectivity index (χ1v) is 9.58. The number of thioether (sulfide) groups is 1. The molecule has 0 aliphatic carbocycles. The van der Waals surface area contributed by atoms with Gasteiger partial charge in [0, 0.05) is 13.8 Å². The van der Waals surface area contributed by atoms with Crippen LogP contribution in [0.3, 0.4) is 0 Å². The number of methoxy groups -OCH3 is 1. The molecule has 0 heterocycles. The van der Waals surface area contributed by atoms with Crippen molar-refractivity contribution in [2.24, 2.45) is 0 Å². The number of carbonyl (C=O) groups excluding carboxylic acids is 1. The van der Waals surface area contributed by atoms with E-state index in [4.69, 9.17) is 4.74 Å². The molecule has 0 saturated carbocycles. The zero-order valence-corrected chi connectivity index (χ0v) is 17.1. The van der Waals surface area contributed by atoms with E-state index in [1.54, 1.807) is 13.2 Å². The molecule has 0 saturated heterocycles. The van der Waals surface area contributed by atoms with Crippen LogP contribution in [0.2, 0.25) is 0 Å². The van der Waals surface area contributed by atoms with Crippen LogP contribution in [-0.2, 0) is 4.79 Å². The molecule has 116 valence electrons. The average molecular weight is 510 g/mol. The van der Waals surface area contributed by atoms with Gasteiger partial charge in [0.2, 0.25) is 5.91 Å². The molecule has 22 heavy (non-hydrogen) atoms. The van der Waals surface area contributed by atoms with Crippen LogP contribution in [0.5, 0.6) is 5.75 Å². The first kappa shape index (κ1) is 17.8. The number of benzene rings is 2.